The Bertz CT molecular complexity index is 511. The fraction of sp³-hybridized carbons (Fsp3) is 0.0833. The molecule has 0 saturated heterocycles. The molecule has 0 unspecified atom stereocenters. The van der Waals surface area contributed by atoms with Crippen LogP contribution in [-0.2, 0) is 5.75 Å². The van der Waals surface area contributed by atoms with E-state index in [9.17, 15) is 0 Å². The summed E-state index contributed by atoms with van der Waals surface area (Å²) in [5.74, 6) is 0.687. The first kappa shape index (κ1) is 12.6. The number of nitrogen functional groups attached to an aromatic ring is 1. The van der Waals surface area contributed by atoms with E-state index in [1.54, 1.807) is 24.2 Å². The van der Waals surface area contributed by atoms with E-state index in [-0.39, 0.29) is 0 Å². The van der Waals surface area contributed by atoms with Crippen molar-refractivity contribution < 1.29 is 0 Å². The van der Waals surface area contributed by atoms with Gasteiger partial charge in [0, 0.05) is 26.9 Å². The van der Waals surface area contributed by atoms with Crippen molar-refractivity contribution in [2.45, 2.75) is 10.6 Å². The van der Waals surface area contributed by atoms with Crippen molar-refractivity contribution in [2.75, 3.05) is 5.73 Å². The van der Waals surface area contributed by atoms with Gasteiger partial charge in [-0.1, -0.05) is 29.3 Å². The summed E-state index contributed by atoms with van der Waals surface area (Å²) in [4.78, 5) is 4.93. The van der Waals surface area contributed by atoms with Crippen LogP contribution in [0.25, 0.3) is 0 Å². The minimum Gasteiger partial charge on any atom is -0.397 e. The number of benzene rings is 1. The van der Waals surface area contributed by atoms with Gasteiger partial charge >= 0.3 is 0 Å². The van der Waals surface area contributed by atoms with E-state index in [1.165, 1.54) is 0 Å². The second-order valence-corrected chi connectivity index (χ2v) is 5.23. The molecule has 0 amide bonds. The van der Waals surface area contributed by atoms with Gasteiger partial charge < -0.3 is 5.73 Å². The smallest absolute Gasteiger partial charge is 0.0638 e. The van der Waals surface area contributed by atoms with Crippen LogP contribution in [0, 0.1) is 0 Å². The number of nitrogens with two attached hydrogens (primary N) is 1. The van der Waals surface area contributed by atoms with Gasteiger partial charge in [-0.05, 0) is 23.8 Å². The molecule has 2 aromatic rings. The van der Waals surface area contributed by atoms with Crippen molar-refractivity contribution in [1.82, 2.24) is 4.98 Å². The summed E-state index contributed by atoms with van der Waals surface area (Å²) in [6.45, 7) is 0. The fourth-order valence-corrected chi connectivity index (χ4v) is 3.02. The van der Waals surface area contributed by atoms with Crippen LogP contribution in [0.3, 0.4) is 0 Å². The average molecular weight is 285 g/mol. The molecule has 0 spiro atoms. The summed E-state index contributed by atoms with van der Waals surface area (Å²) in [5.41, 5.74) is 7.41. The molecule has 0 radical (unpaired) electrons. The zero-order chi connectivity index (χ0) is 12.3. The Balaban J connectivity index is 2.16. The number of aromatic nitrogens is 1. The first-order valence-corrected chi connectivity index (χ1v) is 6.68. The van der Waals surface area contributed by atoms with Crippen molar-refractivity contribution >= 4 is 40.7 Å². The number of hydrogen-bond donors (Lipinski definition) is 1. The molecule has 0 saturated carbocycles. The Morgan fingerprint density at radius 1 is 1.18 bits per heavy atom. The molecule has 0 aliphatic heterocycles. The Labute approximate surface area is 114 Å². The van der Waals surface area contributed by atoms with E-state index >= 15 is 0 Å². The lowest BCUT2D eigenvalue weighted by Gasteiger charge is -2.07. The minimum atomic E-state index is 0.667. The van der Waals surface area contributed by atoms with Crippen molar-refractivity contribution in [3.05, 3.63) is 52.3 Å². The van der Waals surface area contributed by atoms with Gasteiger partial charge in [0.15, 0.2) is 0 Å². The van der Waals surface area contributed by atoms with Crippen LogP contribution >= 0.6 is 35.0 Å². The monoisotopic (exact) mass is 284 g/mol. The van der Waals surface area contributed by atoms with E-state index in [2.05, 4.69) is 4.98 Å². The van der Waals surface area contributed by atoms with Crippen LogP contribution in [0.4, 0.5) is 5.69 Å². The standard InChI is InChI=1S/C12H10Cl2N2S/c13-9-2-1-3-10(14)8(9)7-17-12-4-5-16-6-11(12)15/h1-6H,7,15H2. The van der Waals surface area contributed by atoms with Crippen LogP contribution in [0.1, 0.15) is 5.56 Å². The molecule has 5 heteroatoms. The van der Waals surface area contributed by atoms with E-state index in [0.717, 1.165) is 10.5 Å². The first-order valence-electron chi connectivity index (χ1n) is 4.93. The fourth-order valence-electron chi connectivity index (χ4n) is 1.35. The molecular weight excluding hydrogens is 275 g/mol. The largest absolute Gasteiger partial charge is 0.397 e. The highest BCUT2D eigenvalue weighted by molar-refractivity contribution is 7.98. The van der Waals surface area contributed by atoms with Crippen LogP contribution in [0.2, 0.25) is 10.0 Å². The van der Waals surface area contributed by atoms with Gasteiger partial charge in [0.1, 0.15) is 0 Å². The molecule has 0 fully saturated rings. The predicted molar refractivity (Wildman–Crippen MR) is 74.7 cm³/mol. The number of hydrogen-bond acceptors (Lipinski definition) is 3. The lowest BCUT2D eigenvalue weighted by atomic mass is 10.2. The Hall–Kier alpha value is -0.900. The van der Waals surface area contributed by atoms with Crippen molar-refractivity contribution in [1.29, 1.82) is 0 Å². The van der Waals surface area contributed by atoms with Gasteiger partial charge in [-0.25, -0.2) is 0 Å². The Kier molecular flexibility index (Phi) is 4.15. The summed E-state index contributed by atoms with van der Waals surface area (Å²) >= 11 is 13.8. The van der Waals surface area contributed by atoms with Crippen molar-refractivity contribution in [3.8, 4) is 0 Å². The number of rotatable bonds is 3. The van der Waals surface area contributed by atoms with E-state index < -0.39 is 0 Å². The van der Waals surface area contributed by atoms with Crippen molar-refractivity contribution in [3.63, 3.8) is 0 Å². The molecule has 2 N–H and O–H groups in total. The zero-order valence-electron chi connectivity index (χ0n) is 8.86. The predicted octanol–water partition coefficient (Wildman–Crippen LogP) is 4.26. The highest BCUT2D eigenvalue weighted by Crippen LogP contribution is 2.33. The van der Waals surface area contributed by atoms with Crippen LogP contribution < -0.4 is 5.73 Å². The number of thioether (sulfide) groups is 1. The van der Waals surface area contributed by atoms with Gasteiger partial charge in [0.2, 0.25) is 0 Å². The lowest BCUT2D eigenvalue weighted by molar-refractivity contribution is 1.26. The summed E-state index contributed by atoms with van der Waals surface area (Å²) in [6, 6.07) is 7.38. The molecule has 0 aliphatic rings. The number of halogens is 2. The summed E-state index contributed by atoms with van der Waals surface area (Å²) in [7, 11) is 0. The number of pyridine rings is 1. The Morgan fingerprint density at radius 3 is 2.53 bits per heavy atom. The normalized spacial score (nSPS) is 10.5. The molecule has 17 heavy (non-hydrogen) atoms. The highest BCUT2D eigenvalue weighted by Gasteiger charge is 2.07. The van der Waals surface area contributed by atoms with Crippen molar-refractivity contribution in [2.24, 2.45) is 0 Å². The topological polar surface area (TPSA) is 38.9 Å². The zero-order valence-corrected chi connectivity index (χ0v) is 11.2. The van der Waals surface area contributed by atoms with Crippen LogP contribution in [-0.4, -0.2) is 4.98 Å². The molecule has 1 aromatic heterocycles. The second-order valence-electron chi connectivity index (χ2n) is 3.40. The van der Waals surface area contributed by atoms with Gasteiger partial charge in [0.05, 0.1) is 11.9 Å². The maximum absolute atomic E-state index is 6.09. The third kappa shape index (κ3) is 3.06. The summed E-state index contributed by atoms with van der Waals surface area (Å²) in [5, 5.41) is 1.36. The molecule has 0 bridgehead atoms. The molecule has 88 valence electrons. The SMILES string of the molecule is Nc1cnccc1SCc1c(Cl)cccc1Cl. The quantitative estimate of drug-likeness (QED) is 0.856. The average Bonchev–Trinajstić information content (AvgIpc) is 2.30. The summed E-state index contributed by atoms with van der Waals surface area (Å²) < 4.78 is 0. The first-order chi connectivity index (χ1) is 8.18. The Morgan fingerprint density at radius 2 is 1.88 bits per heavy atom. The molecule has 0 aliphatic carbocycles. The van der Waals surface area contributed by atoms with Gasteiger partial charge in [-0.3, -0.25) is 4.98 Å². The van der Waals surface area contributed by atoms with E-state index in [4.69, 9.17) is 28.9 Å². The molecule has 0 atom stereocenters. The number of nitrogens with zero attached hydrogens (tertiary/aromatic N) is 1. The molecule has 1 aromatic carbocycles. The van der Waals surface area contributed by atoms with Crippen LogP contribution in [0.5, 0.6) is 0 Å². The van der Waals surface area contributed by atoms with E-state index in [1.807, 2.05) is 24.3 Å². The van der Waals surface area contributed by atoms with E-state index in [0.29, 0.717) is 21.5 Å². The third-order valence-corrected chi connectivity index (χ3v) is 4.07. The molecule has 2 rings (SSSR count). The molecule has 2 nitrogen and oxygen atoms in total. The van der Waals surface area contributed by atoms with Gasteiger partial charge in [0.25, 0.3) is 0 Å². The van der Waals surface area contributed by atoms with Crippen LogP contribution in [0.15, 0.2) is 41.6 Å². The maximum Gasteiger partial charge on any atom is 0.0638 e. The minimum absolute atomic E-state index is 0.667. The molecular formula is C12H10Cl2N2S. The maximum atomic E-state index is 6.09. The lowest BCUT2D eigenvalue weighted by Crippen LogP contribution is -1.90. The van der Waals surface area contributed by atoms with Gasteiger partial charge in [-0.15, -0.1) is 11.8 Å². The number of anilines is 1. The highest BCUT2D eigenvalue weighted by atomic mass is 35.5. The summed E-state index contributed by atoms with van der Waals surface area (Å²) in [6.07, 6.45) is 3.35. The second kappa shape index (κ2) is 5.63. The third-order valence-electron chi connectivity index (χ3n) is 2.24. The molecule has 1 heterocycles. The van der Waals surface area contributed by atoms with Gasteiger partial charge in [-0.2, -0.15) is 0 Å².